The van der Waals surface area contributed by atoms with Crippen LogP contribution in [0, 0.1) is 5.92 Å². The lowest BCUT2D eigenvalue weighted by atomic mass is 10.0. The summed E-state index contributed by atoms with van der Waals surface area (Å²) in [4.78, 5) is 25.4. The molecule has 2 aromatic rings. The Morgan fingerprint density at radius 1 is 1.11 bits per heavy atom. The minimum Gasteiger partial charge on any atom is -0.493 e. The van der Waals surface area contributed by atoms with Crippen molar-refractivity contribution >= 4 is 23.2 Å². The van der Waals surface area contributed by atoms with Gasteiger partial charge in [-0.05, 0) is 41.5 Å². The molecule has 0 unspecified atom stereocenters. The summed E-state index contributed by atoms with van der Waals surface area (Å²) < 4.78 is 10.5. The molecule has 0 spiro atoms. The van der Waals surface area contributed by atoms with Crippen LogP contribution in [0.25, 0.3) is 0 Å². The molecule has 27 heavy (non-hydrogen) atoms. The number of hydrogen-bond donors (Lipinski definition) is 2. The Morgan fingerprint density at radius 2 is 1.85 bits per heavy atom. The predicted molar refractivity (Wildman–Crippen MR) is 107 cm³/mol. The Bertz CT molecular complexity index is 759. The first-order chi connectivity index (χ1) is 13.0. The first-order valence-corrected chi connectivity index (χ1v) is 9.67. The van der Waals surface area contributed by atoms with Crippen molar-refractivity contribution in [3.8, 4) is 11.5 Å². The van der Waals surface area contributed by atoms with Crippen molar-refractivity contribution in [1.82, 2.24) is 10.6 Å². The highest BCUT2D eigenvalue weighted by atomic mass is 32.1. The van der Waals surface area contributed by atoms with E-state index in [4.69, 9.17) is 9.47 Å². The van der Waals surface area contributed by atoms with Gasteiger partial charge in [-0.3, -0.25) is 9.59 Å². The van der Waals surface area contributed by atoms with Crippen LogP contribution in [-0.2, 0) is 11.2 Å². The number of thiophene rings is 1. The van der Waals surface area contributed by atoms with Gasteiger partial charge in [0.15, 0.2) is 11.5 Å². The number of benzene rings is 1. The quantitative estimate of drug-likeness (QED) is 0.690. The number of nitrogens with one attached hydrogen (secondary N) is 2. The number of hydrogen-bond acceptors (Lipinski definition) is 5. The second kappa shape index (κ2) is 9.97. The molecule has 2 amide bonds. The minimum absolute atomic E-state index is 0.0185. The SMILES string of the molecule is COc1ccc(CCNC(=O)[C@@H](NC(=O)c2cccs2)C(C)C)cc1OC. The summed E-state index contributed by atoms with van der Waals surface area (Å²) in [6, 6.07) is 8.65. The molecule has 146 valence electrons. The third kappa shape index (κ3) is 5.72. The highest BCUT2D eigenvalue weighted by molar-refractivity contribution is 7.12. The normalized spacial score (nSPS) is 11.7. The van der Waals surface area contributed by atoms with Crippen LogP contribution in [0.3, 0.4) is 0 Å². The topological polar surface area (TPSA) is 76.7 Å². The number of methoxy groups -OCH3 is 2. The summed E-state index contributed by atoms with van der Waals surface area (Å²) in [5.74, 6) is 0.898. The van der Waals surface area contributed by atoms with E-state index in [-0.39, 0.29) is 17.7 Å². The van der Waals surface area contributed by atoms with E-state index in [0.717, 1.165) is 5.56 Å². The monoisotopic (exact) mass is 390 g/mol. The second-order valence-corrected chi connectivity index (χ2v) is 7.35. The molecule has 0 aliphatic rings. The number of ether oxygens (including phenoxy) is 2. The molecule has 0 radical (unpaired) electrons. The molecule has 0 saturated carbocycles. The van der Waals surface area contributed by atoms with Gasteiger partial charge in [-0.1, -0.05) is 26.0 Å². The van der Waals surface area contributed by atoms with E-state index in [0.29, 0.717) is 29.3 Å². The molecule has 0 saturated heterocycles. The van der Waals surface area contributed by atoms with E-state index in [2.05, 4.69) is 10.6 Å². The largest absolute Gasteiger partial charge is 0.493 e. The molecule has 1 aromatic carbocycles. The van der Waals surface area contributed by atoms with Crippen LogP contribution in [0.1, 0.15) is 29.1 Å². The molecular weight excluding hydrogens is 364 g/mol. The first-order valence-electron chi connectivity index (χ1n) is 8.79. The predicted octanol–water partition coefficient (Wildman–Crippen LogP) is 2.88. The molecule has 0 fully saturated rings. The molecule has 7 heteroatoms. The summed E-state index contributed by atoms with van der Waals surface area (Å²) in [7, 11) is 3.18. The summed E-state index contributed by atoms with van der Waals surface area (Å²) in [6.07, 6.45) is 0.649. The maximum atomic E-state index is 12.5. The van der Waals surface area contributed by atoms with Crippen LogP contribution in [0.5, 0.6) is 11.5 Å². The van der Waals surface area contributed by atoms with Crippen molar-refractivity contribution in [3.05, 3.63) is 46.2 Å². The number of rotatable bonds is 9. The van der Waals surface area contributed by atoms with Crippen molar-refractivity contribution in [1.29, 1.82) is 0 Å². The van der Waals surface area contributed by atoms with Gasteiger partial charge in [0, 0.05) is 6.54 Å². The summed E-state index contributed by atoms with van der Waals surface area (Å²) in [6.45, 7) is 4.28. The Kier molecular flexibility index (Phi) is 7.67. The summed E-state index contributed by atoms with van der Waals surface area (Å²) in [5, 5.41) is 7.57. The van der Waals surface area contributed by atoms with Crippen molar-refractivity contribution in [2.45, 2.75) is 26.3 Å². The average Bonchev–Trinajstić information content (AvgIpc) is 3.20. The molecule has 0 aliphatic carbocycles. The lowest BCUT2D eigenvalue weighted by Crippen LogP contribution is -2.49. The third-order valence-electron chi connectivity index (χ3n) is 4.14. The van der Waals surface area contributed by atoms with Gasteiger partial charge in [-0.2, -0.15) is 0 Å². The highest BCUT2D eigenvalue weighted by Crippen LogP contribution is 2.27. The average molecular weight is 391 g/mol. The fourth-order valence-electron chi connectivity index (χ4n) is 2.63. The van der Waals surface area contributed by atoms with Gasteiger partial charge >= 0.3 is 0 Å². The zero-order valence-corrected chi connectivity index (χ0v) is 16.9. The second-order valence-electron chi connectivity index (χ2n) is 6.40. The van der Waals surface area contributed by atoms with Crippen molar-refractivity contribution in [2.75, 3.05) is 20.8 Å². The van der Waals surface area contributed by atoms with E-state index < -0.39 is 6.04 Å². The van der Waals surface area contributed by atoms with Gasteiger partial charge in [0.2, 0.25) is 5.91 Å². The zero-order chi connectivity index (χ0) is 19.8. The van der Waals surface area contributed by atoms with Crippen LogP contribution in [0.2, 0.25) is 0 Å². The van der Waals surface area contributed by atoms with Crippen LogP contribution in [0.15, 0.2) is 35.7 Å². The lowest BCUT2D eigenvalue weighted by molar-refractivity contribution is -0.123. The summed E-state index contributed by atoms with van der Waals surface area (Å²) in [5.41, 5.74) is 1.02. The number of carbonyl (C=O) groups is 2. The maximum absolute atomic E-state index is 12.5. The third-order valence-corrected chi connectivity index (χ3v) is 5.01. The first kappa shape index (κ1) is 20.8. The lowest BCUT2D eigenvalue weighted by Gasteiger charge is -2.21. The van der Waals surface area contributed by atoms with E-state index in [1.807, 2.05) is 43.5 Å². The standard InChI is InChI=1S/C20H26N2O4S/c1-13(2)18(22-19(23)17-6-5-11-27-17)20(24)21-10-9-14-7-8-15(25-3)16(12-14)26-4/h5-8,11-13,18H,9-10H2,1-4H3,(H,21,24)(H,22,23)/t18-/m0/s1. The molecule has 1 atom stereocenters. The molecule has 1 aromatic heterocycles. The maximum Gasteiger partial charge on any atom is 0.262 e. The van der Waals surface area contributed by atoms with E-state index >= 15 is 0 Å². The minimum atomic E-state index is -0.579. The fourth-order valence-corrected chi connectivity index (χ4v) is 3.26. The molecule has 0 bridgehead atoms. The Labute approximate surface area is 163 Å². The van der Waals surface area contributed by atoms with Gasteiger partial charge in [0.1, 0.15) is 6.04 Å². The van der Waals surface area contributed by atoms with Gasteiger partial charge < -0.3 is 20.1 Å². The molecule has 1 heterocycles. The van der Waals surface area contributed by atoms with Gasteiger partial charge in [0.05, 0.1) is 19.1 Å². The van der Waals surface area contributed by atoms with Crippen LogP contribution >= 0.6 is 11.3 Å². The molecule has 6 nitrogen and oxygen atoms in total. The fraction of sp³-hybridized carbons (Fsp3) is 0.400. The molecular formula is C20H26N2O4S. The van der Waals surface area contributed by atoms with Crippen molar-refractivity contribution in [2.24, 2.45) is 5.92 Å². The van der Waals surface area contributed by atoms with Crippen LogP contribution in [-0.4, -0.2) is 38.6 Å². The van der Waals surface area contributed by atoms with Crippen molar-refractivity contribution in [3.63, 3.8) is 0 Å². The van der Waals surface area contributed by atoms with E-state index in [1.54, 1.807) is 20.3 Å². The molecule has 2 N–H and O–H groups in total. The summed E-state index contributed by atoms with van der Waals surface area (Å²) >= 11 is 1.35. The van der Waals surface area contributed by atoms with E-state index in [1.165, 1.54) is 11.3 Å². The van der Waals surface area contributed by atoms with Crippen LogP contribution < -0.4 is 20.1 Å². The Hall–Kier alpha value is -2.54. The number of amides is 2. The van der Waals surface area contributed by atoms with E-state index in [9.17, 15) is 9.59 Å². The van der Waals surface area contributed by atoms with Gasteiger partial charge in [-0.25, -0.2) is 0 Å². The molecule has 0 aliphatic heterocycles. The molecule has 2 rings (SSSR count). The van der Waals surface area contributed by atoms with Crippen LogP contribution in [0.4, 0.5) is 0 Å². The zero-order valence-electron chi connectivity index (χ0n) is 16.1. The smallest absolute Gasteiger partial charge is 0.262 e. The number of carbonyl (C=O) groups excluding carboxylic acids is 2. The van der Waals surface area contributed by atoms with Crippen molar-refractivity contribution < 1.29 is 19.1 Å². The highest BCUT2D eigenvalue weighted by Gasteiger charge is 2.24. The Morgan fingerprint density at radius 3 is 2.44 bits per heavy atom. The van der Waals surface area contributed by atoms with Gasteiger partial charge in [0.25, 0.3) is 5.91 Å². The van der Waals surface area contributed by atoms with Gasteiger partial charge in [-0.15, -0.1) is 11.3 Å². The Balaban J connectivity index is 1.91.